The van der Waals surface area contributed by atoms with Gasteiger partial charge in [-0.2, -0.15) is 0 Å². The van der Waals surface area contributed by atoms with Crippen LogP contribution in [0.2, 0.25) is 0 Å². The SMILES string of the molecule is CCCCCCCCCCC=CC(CC(=O)O)C(=O)O.[KH].[KH]. The van der Waals surface area contributed by atoms with Crippen LogP contribution in [0.3, 0.4) is 0 Å². The minimum absolute atomic E-state index is 0. The Balaban J connectivity index is -0.00000180. The topological polar surface area (TPSA) is 74.6 Å². The number of rotatable bonds is 13. The maximum atomic E-state index is 10.8. The van der Waals surface area contributed by atoms with Crippen molar-refractivity contribution in [1.29, 1.82) is 0 Å². The predicted molar refractivity (Wildman–Crippen MR) is 94.0 cm³/mol. The fourth-order valence-corrected chi connectivity index (χ4v) is 2.08. The second-order valence-electron chi connectivity index (χ2n) is 5.23. The molecule has 2 N–H and O–H groups in total. The molecule has 0 aromatic rings. The van der Waals surface area contributed by atoms with Gasteiger partial charge in [-0.15, -0.1) is 0 Å². The summed E-state index contributed by atoms with van der Waals surface area (Å²) in [6.45, 7) is 2.21. The molecule has 1 atom stereocenters. The molecule has 0 radical (unpaired) electrons. The molecule has 0 fully saturated rings. The van der Waals surface area contributed by atoms with Crippen LogP contribution in [-0.4, -0.2) is 125 Å². The van der Waals surface area contributed by atoms with Crippen LogP contribution in [-0.2, 0) is 9.59 Å². The minimum atomic E-state index is -1.07. The Morgan fingerprint density at radius 1 is 0.909 bits per heavy atom. The molecule has 0 heterocycles. The van der Waals surface area contributed by atoms with Crippen LogP contribution in [0.1, 0.15) is 71.1 Å². The molecule has 6 heteroatoms. The van der Waals surface area contributed by atoms with Crippen molar-refractivity contribution in [3.63, 3.8) is 0 Å². The standard InChI is InChI=1S/C16H28O4.2K.2H/c1-2-3-4-5-6-7-8-9-10-11-12-14(16(19)20)13-15(17)18;;;;/h11-12,14H,2-10,13H2,1H3,(H,17,18)(H,19,20);;;;. The van der Waals surface area contributed by atoms with Crippen LogP contribution >= 0.6 is 0 Å². The van der Waals surface area contributed by atoms with E-state index in [0.717, 1.165) is 19.3 Å². The summed E-state index contributed by atoms with van der Waals surface area (Å²) >= 11 is 0. The van der Waals surface area contributed by atoms with Crippen LogP contribution in [0.5, 0.6) is 0 Å². The van der Waals surface area contributed by atoms with Crippen molar-refractivity contribution in [2.45, 2.75) is 71.1 Å². The van der Waals surface area contributed by atoms with Gasteiger partial charge >= 0.3 is 115 Å². The van der Waals surface area contributed by atoms with Gasteiger partial charge in [0, 0.05) is 0 Å². The van der Waals surface area contributed by atoms with Crippen LogP contribution in [0, 0.1) is 5.92 Å². The van der Waals surface area contributed by atoms with Gasteiger partial charge in [-0.05, 0) is 12.8 Å². The van der Waals surface area contributed by atoms with Crippen molar-refractivity contribution in [2.75, 3.05) is 0 Å². The molecule has 0 aromatic carbocycles. The summed E-state index contributed by atoms with van der Waals surface area (Å²) in [7, 11) is 0. The first-order chi connectivity index (χ1) is 9.57. The number of carboxylic acids is 2. The number of hydrogen-bond donors (Lipinski definition) is 2. The molecule has 0 bridgehead atoms. The van der Waals surface area contributed by atoms with E-state index in [1.54, 1.807) is 6.08 Å². The van der Waals surface area contributed by atoms with Crippen LogP contribution < -0.4 is 0 Å². The molecule has 0 rings (SSSR count). The molecular weight excluding hydrogens is 334 g/mol. The molecule has 0 aliphatic carbocycles. The van der Waals surface area contributed by atoms with Crippen molar-refractivity contribution < 1.29 is 19.8 Å². The predicted octanol–water partition coefficient (Wildman–Crippen LogP) is 2.95. The Morgan fingerprint density at radius 2 is 1.41 bits per heavy atom. The van der Waals surface area contributed by atoms with Crippen LogP contribution in [0.15, 0.2) is 12.2 Å². The number of hydrogen-bond acceptors (Lipinski definition) is 2. The summed E-state index contributed by atoms with van der Waals surface area (Å²) in [5.74, 6) is -3.05. The summed E-state index contributed by atoms with van der Waals surface area (Å²) in [5, 5.41) is 17.4. The van der Waals surface area contributed by atoms with Gasteiger partial charge < -0.3 is 10.2 Å². The normalized spacial score (nSPS) is 11.5. The summed E-state index contributed by atoms with van der Waals surface area (Å²) < 4.78 is 0. The van der Waals surface area contributed by atoms with Gasteiger partial charge in [0.15, 0.2) is 0 Å². The van der Waals surface area contributed by atoms with E-state index < -0.39 is 17.9 Å². The summed E-state index contributed by atoms with van der Waals surface area (Å²) in [6.07, 6.45) is 13.7. The third-order valence-corrected chi connectivity index (χ3v) is 3.30. The van der Waals surface area contributed by atoms with Gasteiger partial charge in [0.1, 0.15) is 0 Å². The summed E-state index contributed by atoms with van der Waals surface area (Å²) in [6, 6.07) is 0. The molecule has 0 saturated heterocycles. The molecule has 0 aliphatic heterocycles. The molecule has 0 aromatic heterocycles. The van der Waals surface area contributed by atoms with E-state index in [-0.39, 0.29) is 109 Å². The molecule has 0 spiro atoms. The average Bonchev–Trinajstić information content (AvgIpc) is 2.39. The third-order valence-electron chi connectivity index (χ3n) is 3.30. The fraction of sp³-hybridized carbons (Fsp3) is 0.750. The van der Waals surface area contributed by atoms with E-state index in [9.17, 15) is 9.59 Å². The van der Waals surface area contributed by atoms with Gasteiger partial charge in [-0.3, -0.25) is 9.59 Å². The molecule has 4 nitrogen and oxygen atoms in total. The van der Waals surface area contributed by atoms with Crippen molar-refractivity contribution in [3.8, 4) is 0 Å². The van der Waals surface area contributed by atoms with Crippen LogP contribution in [0.25, 0.3) is 0 Å². The van der Waals surface area contributed by atoms with Crippen molar-refractivity contribution in [3.05, 3.63) is 12.2 Å². The molecular formula is C16H30K2O4. The molecule has 0 aliphatic rings. The van der Waals surface area contributed by atoms with Crippen molar-refractivity contribution >= 4 is 115 Å². The maximum absolute atomic E-state index is 10.8. The van der Waals surface area contributed by atoms with Gasteiger partial charge in [0.05, 0.1) is 12.3 Å². The molecule has 0 amide bonds. The number of carboxylic acid groups (broad SMARTS) is 2. The Labute approximate surface area is 219 Å². The number of allylic oxidation sites excluding steroid dienone is 1. The van der Waals surface area contributed by atoms with Gasteiger partial charge in [0.25, 0.3) is 0 Å². The van der Waals surface area contributed by atoms with Crippen LogP contribution in [0.4, 0.5) is 0 Å². The van der Waals surface area contributed by atoms with Gasteiger partial charge in [0.2, 0.25) is 0 Å². The Hall–Kier alpha value is 1.95. The number of unbranched alkanes of at least 4 members (excludes halogenated alkanes) is 8. The first-order valence-electron chi connectivity index (χ1n) is 7.69. The van der Waals surface area contributed by atoms with Gasteiger partial charge in [-0.1, -0.05) is 64.0 Å². The monoisotopic (exact) mass is 364 g/mol. The van der Waals surface area contributed by atoms with E-state index in [2.05, 4.69) is 6.92 Å². The third kappa shape index (κ3) is 20.0. The Kier molecular flexibility index (Phi) is 27.4. The zero-order valence-electron chi connectivity index (χ0n) is 12.5. The Morgan fingerprint density at radius 3 is 1.86 bits per heavy atom. The number of carbonyl (C=O) groups is 2. The van der Waals surface area contributed by atoms with Crippen molar-refractivity contribution in [2.24, 2.45) is 5.92 Å². The van der Waals surface area contributed by atoms with E-state index in [0.29, 0.717) is 0 Å². The quantitative estimate of drug-likeness (QED) is 0.299. The van der Waals surface area contributed by atoms with E-state index in [1.165, 1.54) is 44.6 Å². The zero-order chi connectivity index (χ0) is 15.2. The summed E-state index contributed by atoms with van der Waals surface area (Å²) in [5.41, 5.74) is 0. The molecule has 120 valence electrons. The zero-order valence-corrected chi connectivity index (χ0v) is 12.5. The summed E-state index contributed by atoms with van der Waals surface area (Å²) in [4.78, 5) is 21.3. The average molecular weight is 365 g/mol. The molecule has 22 heavy (non-hydrogen) atoms. The first-order valence-corrected chi connectivity index (χ1v) is 7.69. The van der Waals surface area contributed by atoms with E-state index in [1.807, 2.05) is 0 Å². The van der Waals surface area contributed by atoms with Gasteiger partial charge in [-0.25, -0.2) is 0 Å². The second-order valence-corrected chi connectivity index (χ2v) is 5.23. The number of aliphatic carboxylic acids is 2. The molecule has 0 saturated carbocycles. The molecule has 1 unspecified atom stereocenters. The first kappa shape index (κ1) is 28.7. The van der Waals surface area contributed by atoms with Crippen molar-refractivity contribution in [1.82, 2.24) is 0 Å². The Bertz CT molecular complexity index is 307. The van der Waals surface area contributed by atoms with E-state index in [4.69, 9.17) is 10.2 Å². The fourth-order valence-electron chi connectivity index (χ4n) is 2.08. The second kappa shape index (κ2) is 21.0. The van der Waals surface area contributed by atoms with E-state index >= 15 is 0 Å².